The van der Waals surface area contributed by atoms with E-state index < -0.39 is 47.9 Å². The number of rotatable bonds is 13. The van der Waals surface area contributed by atoms with Crippen LogP contribution in [-0.4, -0.2) is 65.0 Å². The van der Waals surface area contributed by atoms with Crippen LogP contribution in [0.15, 0.2) is 0 Å². The number of carboxylic acid groups (broad SMARTS) is 1. The van der Waals surface area contributed by atoms with Crippen LogP contribution < -0.4 is 21.7 Å². The molecule has 10 heteroatoms. The molecule has 29 heavy (non-hydrogen) atoms. The predicted molar refractivity (Wildman–Crippen MR) is 114 cm³/mol. The van der Waals surface area contributed by atoms with Crippen molar-refractivity contribution in [2.45, 2.75) is 71.6 Å². The fourth-order valence-corrected chi connectivity index (χ4v) is 2.97. The van der Waals surface area contributed by atoms with E-state index in [2.05, 4.69) is 16.0 Å². The third-order valence-electron chi connectivity index (χ3n) is 4.74. The van der Waals surface area contributed by atoms with E-state index in [1.807, 2.05) is 13.2 Å². The van der Waals surface area contributed by atoms with Crippen molar-refractivity contribution in [2.75, 3.05) is 12.0 Å². The normalized spacial score (nSPS) is 16.3. The molecule has 0 aromatic carbocycles. The summed E-state index contributed by atoms with van der Waals surface area (Å²) in [7, 11) is 0. The molecule has 3 amide bonds. The zero-order valence-corrected chi connectivity index (χ0v) is 19.0. The van der Waals surface area contributed by atoms with Crippen molar-refractivity contribution in [3.8, 4) is 0 Å². The Morgan fingerprint density at radius 1 is 0.931 bits per heavy atom. The number of amides is 3. The minimum atomic E-state index is -1.17. The largest absolute Gasteiger partial charge is 0.480 e. The Morgan fingerprint density at radius 2 is 1.45 bits per heavy atom. The molecular weight excluding hydrogens is 396 g/mol. The van der Waals surface area contributed by atoms with Gasteiger partial charge in [0.1, 0.15) is 18.1 Å². The number of nitrogens with two attached hydrogens (primary N) is 1. The monoisotopic (exact) mass is 432 g/mol. The van der Waals surface area contributed by atoms with Crippen LogP contribution in [0.3, 0.4) is 0 Å². The molecule has 0 aliphatic rings. The van der Waals surface area contributed by atoms with Gasteiger partial charge in [-0.3, -0.25) is 19.2 Å². The Kier molecular flexibility index (Phi) is 12.6. The van der Waals surface area contributed by atoms with E-state index in [9.17, 15) is 19.2 Å². The fraction of sp³-hybridized carbons (Fsp3) is 0.789. The Morgan fingerprint density at radius 3 is 1.90 bits per heavy atom. The van der Waals surface area contributed by atoms with E-state index in [4.69, 9.17) is 10.8 Å². The molecule has 0 radical (unpaired) electrons. The van der Waals surface area contributed by atoms with Crippen LogP contribution in [-0.2, 0) is 19.2 Å². The minimum Gasteiger partial charge on any atom is -0.480 e. The highest BCUT2D eigenvalue weighted by molar-refractivity contribution is 7.98. The van der Waals surface area contributed by atoms with E-state index in [-0.39, 0.29) is 11.8 Å². The van der Waals surface area contributed by atoms with Gasteiger partial charge in [0.15, 0.2) is 0 Å². The third kappa shape index (κ3) is 9.49. The number of carboxylic acids is 1. The van der Waals surface area contributed by atoms with Crippen LogP contribution in [0.2, 0.25) is 0 Å². The average molecular weight is 433 g/mol. The lowest BCUT2D eigenvalue weighted by Crippen LogP contribution is -2.59. The van der Waals surface area contributed by atoms with E-state index >= 15 is 0 Å². The lowest BCUT2D eigenvalue weighted by Gasteiger charge is -2.29. The number of hydrogen-bond acceptors (Lipinski definition) is 6. The van der Waals surface area contributed by atoms with Crippen molar-refractivity contribution >= 4 is 35.5 Å². The van der Waals surface area contributed by atoms with Crippen molar-refractivity contribution in [1.82, 2.24) is 16.0 Å². The summed E-state index contributed by atoms with van der Waals surface area (Å²) >= 11 is 1.58. The van der Waals surface area contributed by atoms with Crippen LogP contribution >= 0.6 is 11.8 Å². The van der Waals surface area contributed by atoms with Crippen LogP contribution in [0.25, 0.3) is 0 Å². The van der Waals surface area contributed by atoms with Crippen molar-refractivity contribution in [2.24, 2.45) is 17.6 Å². The summed E-state index contributed by atoms with van der Waals surface area (Å²) in [5.74, 6) is -2.40. The molecule has 5 atom stereocenters. The maximum Gasteiger partial charge on any atom is 0.325 e. The van der Waals surface area contributed by atoms with Gasteiger partial charge in [-0.15, -0.1) is 0 Å². The van der Waals surface area contributed by atoms with Crippen molar-refractivity contribution in [3.05, 3.63) is 0 Å². The topological polar surface area (TPSA) is 151 Å². The number of nitrogens with one attached hydrogen (secondary N) is 3. The predicted octanol–water partition coefficient (Wildman–Crippen LogP) is 0.328. The van der Waals surface area contributed by atoms with Gasteiger partial charge in [-0.25, -0.2) is 0 Å². The molecule has 0 aromatic heterocycles. The molecule has 0 rings (SSSR count). The maximum atomic E-state index is 12.8. The van der Waals surface area contributed by atoms with Gasteiger partial charge >= 0.3 is 5.97 Å². The molecule has 6 N–H and O–H groups in total. The molecular formula is C19H36N4O5S. The molecule has 0 saturated carbocycles. The number of hydrogen-bond donors (Lipinski definition) is 5. The molecule has 0 spiro atoms. The van der Waals surface area contributed by atoms with Crippen LogP contribution in [0.4, 0.5) is 0 Å². The average Bonchev–Trinajstić information content (AvgIpc) is 2.66. The lowest BCUT2D eigenvalue weighted by molar-refractivity contribution is -0.142. The minimum absolute atomic E-state index is 0.229. The molecule has 0 aliphatic heterocycles. The zero-order chi connectivity index (χ0) is 22.7. The third-order valence-corrected chi connectivity index (χ3v) is 5.38. The highest BCUT2D eigenvalue weighted by Crippen LogP contribution is 2.11. The molecule has 9 nitrogen and oxygen atoms in total. The highest BCUT2D eigenvalue weighted by Gasteiger charge is 2.32. The van der Waals surface area contributed by atoms with Crippen LogP contribution in [0.1, 0.15) is 47.5 Å². The lowest BCUT2D eigenvalue weighted by atomic mass is 9.96. The Hall–Kier alpha value is -1.81. The van der Waals surface area contributed by atoms with E-state index in [1.54, 1.807) is 32.5 Å². The van der Waals surface area contributed by atoms with Gasteiger partial charge in [-0.1, -0.05) is 34.1 Å². The first kappa shape index (κ1) is 27.2. The van der Waals surface area contributed by atoms with Crippen LogP contribution in [0, 0.1) is 11.8 Å². The van der Waals surface area contributed by atoms with Crippen LogP contribution in [0.5, 0.6) is 0 Å². The summed E-state index contributed by atoms with van der Waals surface area (Å²) in [6.45, 7) is 8.57. The van der Waals surface area contributed by atoms with E-state index in [0.29, 0.717) is 12.8 Å². The Labute approximate surface area is 177 Å². The second kappa shape index (κ2) is 13.4. The van der Waals surface area contributed by atoms with E-state index in [0.717, 1.165) is 5.75 Å². The summed E-state index contributed by atoms with van der Waals surface area (Å²) < 4.78 is 0. The Bertz CT molecular complexity index is 573. The molecule has 168 valence electrons. The SMILES string of the molecule is CCC(C)C(NC(=O)C(NC(=O)C(N)CCSC)C(C)C)C(=O)NC(C)C(=O)O. The maximum absolute atomic E-state index is 12.8. The van der Waals surface area contributed by atoms with Gasteiger partial charge in [0.2, 0.25) is 17.7 Å². The molecule has 0 aliphatic carbocycles. The highest BCUT2D eigenvalue weighted by atomic mass is 32.2. The smallest absolute Gasteiger partial charge is 0.325 e. The number of thioether (sulfide) groups is 1. The fourth-order valence-electron chi connectivity index (χ4n) is 2.48. The second-order valence-electron chi connectivity index (χ2n) is 7.56. The van der Waals surface area contributed by atoms with Gasteiger partial charge in [-0.2, -0.15) is 11.8 Å². The van der Waals surface area contributed by atoms with E-state index in [1.165, 1.54) is 6.92 Å². The van der Waals surface area contributed by atoms with Crippen molar-refractivity contribution in [3.63, 3.8) is 0 Å². The first-order valence-corrected chi connectivity index (χ1v) is 11.2. The summed E-state index contributed by atoms with van der Waals surface area (Å²) in [5.41, 5.74) is 5.88. The molecule has 0 bridgehead atoms. The molecule has 0 heterocycles. The number of carbonyl (C=O) groups excluding carboxylic acids is 3. The molecule has 0 aromatic rings. The van der Waals surface area contributed by atoms with Gasteiger partial charge in [0.25, 0.3) is 0 Å². The van der Waals surface area contributed by atoms with Gasteiger partial charge in [-0.05, 0) is 37.2 Å². The quantitative estimate of drug-likeness (QED) is 0.281. The summed E-state index contributed by atoms with van der Waals surface area (Å²) in [4.78, 5) is 48.7. The van der Waals surface area contributed by atoms with Gasteiger partial charge < -0.3 is 26.8 Å². The summed E-state index contributed by atoms with van der Waals surface area (Å²) in [5, 5.41) is 16.7. The first-order valence-electron chi connectivity index (χ1n) is 9.84. The number of aliphatic carboxylic acids is 1. The van der Waals surface area contributed by atoms with Crippen molar-refractivity contribution < 1.29 is 24.3 Å². The van der Waals surface area contributed by atoms with Gasteiger partial charge in [0.05, 0.1) is 6.04 Å². The first-order chi connectivity index (χ1) is 13.5. The summed E-state index contributed by atoms with van der Waals surface area (Å²) in [6.07, 6.45) is 3.00. The standard InChI is InChI=1S/C19H36N4O5S/c1-7-11(4)15(18(26)21-12(5)19(27)28)23-17(25)14(10(2)3)22-16(24)13(20)8-9-29-6/h10-15H,7-9,20H2,1-6H3,(H,21,26)(H,22,24)(H,23,25)(H,27,28). The Balaban J connectivity index is 5.27. The molecule has 0 fully saturated rings. The zero-order valence-electron chi connectivity index (χ0n) is 18.2. The molecule has 5 unspecified atom stereocenters. The van der Waals surface area contributed by atoms with Crippen molar-refractivity contribution in [1.29, 1.82) is 0 Å². The second-order valence-corrected chi connectivity index (χ2v) is 8.54. The van der Waals surface area contributed by atoms with Gasteiger partial charge in [0, 0.05) is 0 Å². The number of carbonyl (C=O) groups is 4. The molecule has 0 saturated heterocycles. The summed E-state index contributed by atoms with van der Waals surface area (Å²) in [6, 6.07) is -3.58.